The van der Waals surface area contributed by atoms with Crippen LogP contribution in [0.4, 0.5) is 5.69 Å². The first-order valence-corrected chi connectivity index (χ1v) is 9.06. The lowest BCUT2D eigenvalue weighted by molar-refractivity contribution is 1.56. The summed E-state index contributed by atoms with van der Waals surface area (Å²) >= 11 is 4.42. The molecule has 0 heterocycles. The van der Waals surface area contributed by atoms with E-state index in [-0.39, 0.29) is 0 Å². The first-order chi connectivity index (χ1) is 12.9. The second-order valence-electron chi connectivity index (χ2n) is 6.16. The SMILES string of the molecule is SNc1c(-c2ccccc2)cc(-c2ccccc2)cc1-c1ccccc1. The quantitative estimate of drug-likeness (QED) is 0.378. The molecule has 26 heavy (non-hydrogen) atoms. The minimum absolute atomic E-state index is 1.02. The molecule has 0 bridgehead atoms. The highest BCUT2D eigenvalue weighted by atomic mass is 32.1. The van der Waals surface area contributed by atoms with Crippen LogP contribution in [0.3, 0.4) is 0 Å². The van der Waals surface area contributed by atoms with Crippen molar-refractivity contribution in [2.24, 2.45) is 0 Å². The van der Waals surface area contributed by atoms with Gasteiger partial charge in [0.2, 0.25) is 0 Å². The van der Waals surface area contributed by atoms with Gasteiger partial charge in [0.1, 0.15) is 0 Å². The molecule has 0 spiro atoms. The molecule has 2 heteroatoms. The molecule has 0 fully saturated rings. The summed E-state index contributed by atoms with van der Waals surface area (Å²) in [4.78, 5) is 0. The van der Waals surface area contributed by atoms with Gasteiger partial charge in [-0.3, -0.25) is 0 Å². The number of benzene rings is 4. The van der Waals surface area contributed by atoms with Crippen LogP contribution >= 0.6 is 12.8 Å². The predicted octanol–water partition coefficient (Wildman–Crippen LogP) is 6.94. The maximum absolute atomic E-state index is 4.42. The molecule has 0 unspecified atom stereocenters. The van der Waals surface area contributed by atoms with E-state index in [9.17, 15) is 0 Å². The molecule has 0 aliphatic heterocycles. The lowest BCUT2D eigenvalue weighted by Crippen LogP contribution is -1.93. The van der Waals surface area contributed by atoms with Crippen molar-refractivity contribution in [2.75, 3.05) is 4.72 Å². The number of hydrogen-bond acceptors (Lipinski definition) is 2. The fraction of sp³-hybridized carbons (Fsp3) is 0. The zero-order valence-electron chi connectivity index (χ0n) is 14.3. The molecule has 4 rings (SSSR count). The minimum atomic E-state index is 1.02. The van der Waals surface area contributed by atoms with Crippen molar-refractivity contribution in [3.05, 3.63) is 103 Å². The topological polar surface area (TPSA) is 12.0 Å². The number of hydrogen-bond donors (Lipinski definition) is 2. The highest BCUT2D eigenvalue weighted by Gasteiger charge is 2.14. The van der Waals surface area contributed by atoms with Crippen molar-refractivity contribution in [3.8, 4) is 33.4 Å². The summed E-state index contributed by atoms with van der Waals surface area (Å²) in [5.41, 5.74) is 8.02. The van der Waals surface area contributed by atoms with Crippen molar-refractivity contribution in [2.45, 2.75) is 0 Å². The minimum Gasteiger partial charge on any atom is -0.331 e. The zero-order chi connectivity index (χ0) is 17.8. The third kappa shape index (κ3) is 3.24. The van der Waals surface area contributed by atoms with Crippen LogP contribution in [0.15, 0.2) is 103 Å². The highest BCUT2D eigenvalue weighted by Crippen LogP contribution is 2.41. The van der Waals surface area contributed by atoms with Crippen LogP contribution in [0.2, 0.25) is 0 Å². The van der Waals surface area contributed by atoms with Gasteiger partial charge in [0.15, 0.2) is 0 Å². The van der Waals surface area contributed by atoms with E-state index >= 15 is 0 Å². The fourth-order valence-electron chi connectivity index (χ4n) is 3.25. The Morgan fingerprint density at radius 1 is 0.462 bits per heavy atom. The summed E-state index contributed by atoms with van der Waals surface area (Å²) in [6.07, 6.45) is 0. The molecule has 0 atom stereocenters. The van der Waals surface area contributed by atoms with E-state index in [0.717, 1.165) is 16.8 Å². The Kier molecular flexibility index (Phi) is 4.76. The smallest absolute Gasteiger partial charge is 0.0597 e. The molecule has 0 aliphatic rings. The first kappa shape index (κ1) is 16.5. The van der Waals surface area contributed by atoms with Crippen molar-refractivity contribution < 1.29 is 0 Å². The normalized spacial score (nSPS) is 10.5. The van der Waals surface area contributed by atoms with E-state index in [1.54, 1.807) is 0 Å². The van der Waals surface area contributed by atoms with Gasteiger partial charge in [-0.2, -0.15) is 0 Å². The largest absolute Gasteiger partial charge is 0.331 e. The standard InChI is InChI=1S/C24H19NS/c26-25-24-22(19-12-6-2-7-13-19)16-21(18-10-4-1-5-11-18)17-23(24)20-14-8-3-9-15-20/h1-17,25-26H. The Labute approximate surface area is 159 Å². The van der Waals surface area contributed by atoms with Crippen molar-refractivity contribution in [1.29, 1.82) is 0 Å². The Bertz CT molecular complexity index is 936. The van der Waals surface area contributed by atoms with Crippen LogP contribution in [-0.2, 0) is 0 Å². The molecule has 4 aromatic rings. The molecule has 0 amide bonds. The summed E-state index contributed by atoms with van der Waals surface area (Å²) in [6.45, 7) is 0. The predicted molar refractivity (Wildman–Crippen MR) is 115 cm³/mol. The summed E-state index contributed by atoms with van der Waals surface area (Å²) in [7, 11) is 0. The maximum atomic E-state index is 4.42. The van der Waals surface area contributed by atoms with E-state index in [0.29, 0.717) is 0 Å². The van der Waals surface area contributed by atoms with E-state index in [4.69, 9.17) is 0 Å². The van der Waals surface area contributed by atoms with Gasteiger partial charge in [0.05, 0.1) is 5.69 Å². The lowest BCUT2D eigenvalue weighted by atomic mass is 9.91. The maximum Gasteiger partial charge on any atom is 0.0597 e. The van der Waals surface area contributed by atoms with Crippen LogP contribution < -0.4 is 4.72 Å². The molecule has 0 saturated heterocycles. The molecular weight excluding hydrogens is 334 g/mol. The Hall–Kier alpha value is -2.97. The van der Waals surface area contributed by atoms with Gasteiger partial charge in [-0.25, -0.2) is 0 Å². The van der Waals surface area contributed by atoms with Crippen LogP contribution in [0, 0.1) is 0 Å². The molecule has 1 N–H and O–H groups in total. The monoisotopic (exact) mass is 353 g/mol. The second-order valence-corrected chi connectivity index (χ2v) is 6.38. The van der Waals surface area contributed by atoms with E-state index in [1.807, 2.05) is 18.2 Å². The zero-order valence-corrected chi connectivity index (χ0v) is 15.2. The first-order valence-electron chi connectivity index (χ1n) is 8.61. The van der Waals surface area contributed by atoms with Crippen molar-refractivity contribution in [3.63, 3.8) is 0 Å². The Morgan fingerprint density at radius 2 is 0.846 bits per heavy atom. The molecular formula is C24H19NS. The van der Waals surface area contributed by atoms with Gasteiger partial charge in [0, 0.05) is 11.1 Å². The number of anilines is 1. The average Bonchev–Trinajstić information content (AvgIpc) is 2.74. The van der Waals surface area contributed by atoms with Crippen molar-refractivity contribution >= 4 is 18.5 Å². The van der Waals surface area contributed by atoms with Gasteiger partial charge in [-0.05, 0) is 34.4 Å². The van der Waals surface area contributed by atoms with Gasteiger partial charge in [0.25, 0.3) is 0 Å². The average molecular weight is 353 g/mol. The summed E-state index contributed by atoms with van der Waals surface area (Å²) in [5, 5.41) is 0. The molecule has 0 saturated carbocycles. The van der Waals surface area contributed by atoms with Gasteiger partial charge in [-0.15, -0.1) is 0 Å². The van der Waals surface area contributed by atoms with Crippen LogP contribution in [-0.4, -0.2) is 0 Å². The molecule has 4 aromatic carbocycles. The van der Waals surface area contributed by atoms with Gasteiger partial charge < -0.3 is 4.72 Å². The highest BCUT2D eigenvalue weighted by molar-refractivity contribution is 7.81. The number of nitrogens with one attached hydrogen (secondary N) is 1. The summed E-state index contributed by atoms with van der Waals surface area (Å²) < 4.78 is 3.13. The van der Waals surface area contributed by atoms with Gasteiger partial charge in [-0.1, -0.05) is 104 Å². The fourth-order valence-corrected chi connectivity index (χ4v) is 3.49. The number of rotatable bonds is 4. The number of thiol groups is 1. The van der Waals surface area contributed by atoms with E-state index < -0.39 is 0 Å². The van der Waals surface area contributed by atoms with E-state index in [1.165, 1.54) is 22.3 Å². The van der Waals surface area contributed by atoms with Crippen LogP contribution in [0.5, 0.6) is 0 Å². The van der Waals surface area contributed by atoms with Crippen molar-refractivity contribution in [1.82, 2.24) is 0 Å². The van der Waals surface area contributed by atoms with Crippen LogP contribution in [0.1, 0.15) is 0 Å². The van der Waals surface area contributed by atoms with Gasteiger partial charge >= 0.3 is 0 Å². The Balaban J connectivity index is 2.01. The van der Waals surface area contributed by atoms with Crippen LogP contribution in [0.25, 0.3) is 33.4 Å². The third-order valence-corrected chi connectivity index (χ3v) is 4.75. The molecule has 1 nitrogen and oxygen atoms in total. The Morgan fingerprint density at radius 3 is 1.23 bits per heavy atom. The summed E-state index contributed by atoms with van der Waals surface area (Å²) in [5.74, 6) is 0. The third-order valence-electron chi connectivity index (χ3n) is 4.53. The summed E-state index contributed by atoms with van der Waals surface area (Å²) in [6, 6.07) is 35.8. The second kappa shape index (κ2) is 7.51. The van der Waals surface area contributed by atoms with E-state index in [2.05, 4.69) is 102 Å². The molecule has 126 valence electrons. The molecule has 0 radical (unpaired) electrons. The molecule has 0 aliphatic carbocycles. The lowest BCUT2D eigenvalue weighted by Gasteiger charge is -2.17. The molecule has 0 aromatic heterocycles.